The van der Waals surface area contributed by atoms with E-state index in [9.17, 15) is 4.79 Å². The third-order valence-electron chi connectivity index (χ3n) is 5.46. The number of anilines is 1. The van der Waals surface area contributed by atoms with E-state index < -0.39 is 0 Å². The smallest absolute Gasteiger partial charge is 0.163 e. The van der Waals surface area contributed by atoms with E-state index in [-0.39, 0.29) is 23.8 Å². The van der Waals surface area contributed by atoms with Crippen LogP contribution in [0.5, 0.6) is 5.75 Å². The summed E-state index contributed by atoms with van der Waals surface area (Å²) in [6.07, 6.45) is -0.0737. The Balaban J connectivity index is 1.65. The molecule has 1 aliphatic heterocycles. The average Bonchev–Trinajstić information content (AvgIpc) is 3.09. The van der Waals surface area contributed by atoms with Crippen LogP contribution in [-0.2, 0) is 4.84 Å². The molecule has 1 fully saturated rings. The van der Waals surface area contributed by atoms with Crippen LogP contribution in [0.15, 0.2) is 78.9 Å². The molecule has 1 saturated heterocycles. The molecule has 0 N–H and O–H groups in total. The van der Waals surface area contributed by atoms with Crippen LogP contribution in [0.4, 0.5) is 5.69 Å². The van der Waals surface area contributed by atoms with E-state index in [1.807, 2.05) is 77.9 Å². The SMILES string of the molecule is CC(=O)c1ccccc1OC[C@H]1[C@H](C)ON(c2ccccc2)[C@@H]1c1ccc(Cl)cc1. The van der Waals surface area contributed by atoms with E-state index in [1.54, 1.807) is 13.0 Å². The third kappa shape index (κ3) is 4.20. The summed E-state index contributed by atoms with van der Waals surface area (Å²) in [4.78, 5) is 18.2. The number of carbonyl (C=O) groups is 1. The zero-order chi connectivity index (χ0) is 21.1. The minimum absolute atomic E-state index is 0.0125. The van der Waals surface area contributed by atoms with Gasteiger partial charge in [-0.3, -0.25) is 9.63 Å². The minimum Gasteiger partial charge on any atom is -0.492 e. The maximum atomic E-state index is 12.0. The number of nitrogens with zero attached hydrogens (tertiary/aromatic N) is 1. The van der Waals surface area contributed by atoms with Crippen LogP contribution in [0.3, 0.4) is 0 Å². The summed E-state index contributed by atoms with van der Waals surface area (Å²) in [7, 11) is 0. The molecule has 3 atom stereocenters. The first-order chi connectivity index (χ1) is 14.5. The van der Waals surface area contributed by atoms with Gasteiger partial charge in [-0.2, -0.15) is 0 Å². The molecule has 0 aromatic heterocycles. The fraction of sp³-hybridized carbons (Fsp3) is 0.240. The van der Waals surface area contributed by atoms with Gasteiger partial charge >= 0.3 is 0 Å². The summed E-state index contributed by atoms with van der Waals surface area (Å²) in [6.45, 7) is 4.02. The number of halogens is 1. The number of para-hydroxylation sites is 2. The number of hydroxylamine groups is 1. The molecule has 0 aliphatic carbocycles. The Morgan fingerprint density at radius 1 is 1.00 bits per heavy atom. The highest BCUT2D eigenvalue weighted by Gasteiger charge is 2.43. The van der Waals surface area contributed by atoms with Crippen molar-refractivity contribution in [2.75, 3.05) is 11.7 Å². The Kier molecular flexibility index (Phi) is 6.07. The molecule has 5 heteroatoms. The zero-order valence-corrected chi connectivity index (χ0v) is 17.8. The summed E-state index contributed by atoms with van der Waals surface area (Å²) in [5, 5.41) is 2.65. The zero-order valence-electron chi connectivity index (χ0n) is 17.0. The predicted octanol–water partition coefficient (Wildman–Crippen LogP) is 6.12. The molecule has 1 aliphatic rings. The van der Waals surface area contributed by atoms with Crippen molar-refractivity contribution in [3.05, 3.63) is 95.0 Å². The second-order valence-electron chi connectivity index (χ2n) is 7.50. The summed E-state index contributed by atoms with van der Waals surface area (Å²) in [5.41, 5.74) is 2.67. The number of benzene rings is 3. The first-order valence-corrected chi connectivity index (χ1v) is 10.4. The largest absolute Gasteiger partial charge is 0.492 e. The molecule has 154 valence electrons. The highest BCUT2D eigenvalue weighted by Crippen LogP contribution is 2.42. The topological polar surface area (TPSA) is 38.8 Å². The lowest BCUT2D eigenvalue weighted by atomic mass is 9.90. The summed E-state index contributed by atoms with van der Waals surface area (Å²) in [6, 6.07) is 25.2. The third-order valence-corrected chi connectivity index (χ3v) is 5.71. The number of hydrogen-bond donors (Lipinski definition) is 0. The predicted molar refractivity (Wildman–Crippen MR) is 119 cm³/mol. The van der Waals surface area contributed by atoms with Gasteiger partial charge in [-0.15, -0.1) is 0 Å². The van der Waals surface area contributed by atoms with Crippen molar-refractivity contribution >= 4 is 23.1 Å². The van der Waals surface area contributed by atoms with Crippen molar-refractivity contribution in [1.29, 1.82) is 0 Å². The fourth-order valence-corrected chi connectivity index (χ4v) is 4.01. The number of rotatable bonds is 6. The van der Waals surface area contributed by atoms with Crippen LogP contribution >= 0.6 is 11.6 Å². The summed E-state index contributed by atoms with van der Waals surface area (Å²) in [5.74, 6) is 0.637. The van der Waals surface area contributed by atoms with Crippen LogP contribution in [-0.4, -0.2) is 18.5 Å². The van der Waals surface area contributed by atoms with Crippen LogP contribution in [0, 0.1) is 5.92 Å². The normalized spacial score (nSPS) is 20.9. The van der Waals surface area contributed by atoms with E-state index in [0.29, 0.717) is 22.9 Å². The molecule has 4 rings (SSSR count). The average molecular weight is 422 g/mol. The Hall–Kier alpha value is -2.82. The van der Waals surface area contributed by atoms with Gasteiger partial charge in [-0.1, -0.05) is 54.1 Å². The fourth-order valence-electron chi connectivity index (χ4n) is 3.89. The number of carbonyl (C=O) groups excluding carboxylic acids is 1. The van der Waals surface area contributed by atoms with Gasteiger partial charge < -0.3 is 4.74 Å². The van der Waals surface area contributed by atoms with Crippen LogP contribution in [0.2, 0.25) is 5.02 Å². The number of hydrogen-bond acceptors (Lipinski definition) is 4. The van der Waals surface area contributed by atoms with Crippen molar-refractivity contribution in [3.63, 3.8) is 0 Å². The van der Waals surface area contributed by atoms with Crippen LogP contribution in [0.1, 0.15) is 35.8 Å². The van der Waals surface area contributed by atoms with E-state index >= 15 is 0 Å². The maximum absolute atomic E-state index is 12.0. The minimum atomic E-state index is -0.0737. The quantitative estimate of drug-likeness (QED) is 0.449. The maximum Gasteiger partial charge on any atom is 0.163 e. The second-order valence-corrected chi connectivity index (χ2v) is 7.93. The molecule has 0 spiro atoms. The van der Waals surface area contributed by atoms with Crippen molar-refractivity contribution in [1.82, 2.24) is 0 Å². The van der Waals surface area contributed by atoms with E-state index in [4.69, 9.17) is 21.2 Å². The van der Waals surface area contributed by atoms with Gasteiger partial charge in [0.05, 0.1) is 30.0 Å². The lowest BCUT2D eigenvalue weighted by Gasteiger charge is -2.28. The number of ether oxygens (including phenoxy) is 1. The summed E-state index contributed by atoms with van der Waals surface area (Å²) < 4.78 is 6.16. The highest BCUT2D eigenvalue weighted by atomic mass is 35.5. The molecule has 0 bridgehead atoms. The number of Topliss-reactive ketones (excluding diaryl/α,β-unsaturated/α-hetero) is 1. The molecule has 30 heavy (non-hydrogen) atoms. The van der Waals surface area contributed by atoms with Crippen molar-refractivity contribution in [2.24, 2.45) is 5.92 Å². The van der Waals surface area contributed by atoms with Gasteiger partial charge in [0.15, 0.2) is 5.78 Å². The molecule has 4 nitrogen and oxygen atoms in total. The van der Waals surface area contributed by atoms with Gasteiger partial charge in [0.25, 0.3) is 0 Å². The molecule has 0 amide bonds. The van der Waals surface area contributed by atoms with Crippen molar-refractivity contribution in [2.45, 2.75) is 26.0 Å². The Morgan fingerprint density at radius 3 is 2.37 bits per heavy atom. The van der Waals surface area contributed by atoms with Crippen molar-refractivity contribution < 1.29 is 14.4 Å². The van der Waals surface area contributed by atoms with Gasteiger partial charge in [0.1, 0.15) is 5.75 Å². The molecular weight excluding hydrogens is 398 g/mol. The second kappa shape index (κ2) is 8.90. The molecule has 0 saturated carbocycles. The molecule has 1 heterocycles. The molecule has 3 aromatic rings. The molecule has 0 unspecified atom stereocenters. The van der Waals surface area contributed by atoms with Crippen LogP contribution < -0.4 is 9.80 Å². The summed E-state index contributed by atoms with van der Waals surface area (Å²) >= 11 is 6.12. The first-order valence-electron chi connectivity index (χ1n) is 10.0. The number of ketones is 1. The first kappa shape index (κ1) is 20.5. The highest BCUT2D eigenvalue weighted by molar-refractivity contribution is 6.30. The standard InChI is InChI=1S/C25H24ClNO3/c1-17(28)22-10-6-7-11-24(22)29-16-23-18(2)30-27(21-8-4-3-5-9-21)25(23)19-12-14-20(26)15-13-19/h3-15,18,23,25H,16H2,1-2H3/t18-,23-,25+/m0/s1. The van der Waals surface area contributed by atoms with E-state index in [2.05, 4.69) is 6.92 Å². The van der Waals surface area contributed by atoms with Crippen molar-refractivity contribution in [3.8, 4) is 5.75 Å². The van der Waals surface area contributed by atoms with E-state index in [0.717, 1.165) is 11.3 Å². The van der Waals surface area contributed by atoms with Crippen LogP contribution in [0.25, 0.3) is 0 Å². The lowest BCUT2D eigenvalue weighted by molar-refractivity contribution is 0.0723. The Bertz CT molecular complexity index is 1010. The van der Waals surface area contributed by atoms with Gasteiger partial charge in [0.2, 0.25) is 0 Å². The van der Waals surface area contributed by atoms with Gasteiger partial charge in [0, 0.05) is 10.9 Å². The Morgan fingerprint density at radius 2 is 1.67 bits per heavy atom. The van der Waals surface area contributed by atoms with E-state index in [1.165, 1.54) is 0 Å². The molecule has 3 aromatic carbocycles. The van der Waals surface area contributed by atoms with Gasteiger partial charge in [-0.05, 0) is 55.8 Å². The molecular formula is C25H24ClNO3. The lowest BCUT2D eigenvalue weighted by Crippen LogP contribution is -2.28. The monoisotopic (exact) mass is 421 g/mol. The Labute approximate surface area is 182 Å². The molecule has 0 radical (unpaired) electrons. The van der Waals surface area contributed by atoms with Gasteiger partial charge in [-0.25, -0.2) is 5.06 Å².